The zero-order valence-electron chi connectivity index (χ0n) is 17.8. The predicted octanol–water partition coefficient (Wildman–Crippen LogP) is 6.04. The Hall–Kier alpha value is -1.42. The van der Waals surface area contributed by atoms with Crippen molar-refractivity contribution in [3.63, 3.8) is 0 Å². The lowest BCUT2D eigenvalue weighted by Crippen LogP contribution is -2.45. The van der Waals surface area contributed by atoms with E-state index in [1.807, 2.05) is 24.0 Å². The van der Waals surface area contributed by atoms with Gasteiger partial charge in [0.15, 0.2) is 0 Å². The van der Waals surface area contributed by atoms with E-state index in [2.05, 4.69) is 69.5 Å². The zero-order valence-corrected chi connectivity index (χ0v) is 18.6. The molecule has 0 aliphatic heterocycles. The summed E-state index contributed by atoms with van der Waals surface area (Å²) in [4.78, 5) is 5.92. The quantitative estimate of drug-likeness (QED) is 0.542. The molecule has 1 aromatic heterocycles. The predicted molar refractivity (Wildman–Crippen MR) is 119 cm³/mol. The van der Waals surface area contributed by atoms with Crippen LogP contribution in [0, 0.1) is 5.41 Å². The van der Waals surface area contributed by atoms with E-state index in [0.29, 0.717) is 6.54 Å². The zero-order chi connectivity index (χ0) is 20.1. The second-order valence-electron chi connectivity index (χ2n) is 9.40. The summed E-state index contributed by atoms with van der Waals surface area (Å²) in [5.74, 6) is 0. The van der Waals surface area contributed by atoms with Crippen LogP contribution >= 0.6 is 11.8 Å². The lowest BCUT2D eigenvalue weighted by molar-refractivity contribution is 0.373. The van der Waals surface area contributed by atoms with Crippen LogP contribution in [0.25, 0.3) is 0 Å². The minimum absolute atomic E-state index is 0.218. The summed E-state index contributed by atoms with van der Waals surface area (Å²) < 4.78 is 0. The number of rotatable bonds is 9. The Morgan fingerprint density at radius 1 is 1.19 bits per heavy atom. The Labute approximate surface area is 170 Å². The summed E-state index contributed by atoms with van der Waals surface area (Å²) in [5, 5.41) is 7.78. The van der Waals surface area contributed by atoms with Gasteiger partial charge in [-0.25, -0.2) is 0 Å². The summed E-state index contributed by atoms with van der Waals surface area (Å²) in [6.07, 6.45) is 8.19. The average molecular weight is 388 g/mol. The van der Waals surface area contributed by atoms with Crippen LogP contribution in [-0.2, 0) is 6.54 Å². The van der Waals surface area contributed by atoms with Gasteiger partial charge in [-0.2, -0.15) is 0 Å². The first kappa shape index (κ1) is 21.9. The maximum Gasteiger partial charge on any atom is 0.0730 e. The fraction of sp³-hybridized carbons (Fsp3) is 0.609. The van der Waals surface area contributed by atoms with Gasteiger partial charge in [0.05, 0.1) is 17.8 Å². The summed E-state index contributed by atoms with van der Waals surface area (Å²) in [5.41, 5.74) is 3.07. The third kappa shape index (κ3) is 7.25. The molecule has 0 saturated heterocycles. The van der Waals surface area contributed by atoms with E-state index in [4.69, 9.17) is 0 Å². The van der Waals surface area contributed by atoms with Crippen LogP contribution in [-0.4, -0.2) is 15.8 Å². The molecular weight excluding hydrogens is 350 g/mol. The van der Waals surface area contributed by atoms with E-state index in [1.165, 1.54) is 30.6 Å². The summed E-state index contributed by atoms with van der Waals surface area (Å²) in [6.45, 7) is 20.1. The molecule has 0 aromatic carbocycles. The Bertz CT molecular complexity index is 652. The number of hydrogen-bond acceptors (Lipinski definition) is 4. The van der Waals surface area contributed by atoms with Crippen molar-refractivity contribution in [2.45, 2.75) is 89.0 Å². The van der Waals surface area contributed by atoms with Gasteiger partial charge in [-0.15, -0.1) is 11.8 Å². The molecule has 1 heterocycles. The fourth-order valence-electron chi connectivity index (χ4n) is 3.46. The number of nitrogens with zero attached hydrogens (tertiary/aromatic N) is 1. The van der Waals surface area contributed by atoms with Gasteiger partial charge in [0.2, 0.25) is 0 Å². The van der Waals surface area contributed by atoms with Gasteiger partial charge >= 0.3 is 0 Å². The van der Waals surface area contributed by atoms with Crippen molar-refractivity contribution in [2.75, 3.05) is 0 Å². The number of nitrogens with one attached hydrogen (secondary N) is 2. The van der Waals surface area contributed by atoms with Crippen molar-refractivity contribution in [3.05, 3.63) is 48.6 Å². The van der Waals surface area contributed by atoms with Gasteiger partial charge in [0, 0.05) is 27.7 Å². The third-order valence-electron chi connectivity index (χ3n) is 4.90. The van der Waals surface area contributed by atoms with Crippen LogP contribution in [0.2, 0.25) is 0 Å². The first-order valence-corrected chi connectivity index (χ1v) is 10.9. The molecule has 1 aliphatic carbocycles. The molecule has 1 saturated carbocycles. The highest BCUT2D eigenvalue weighted by Crippen LogP contribution is 2.35. The van der Waals surface area contributed by atoms with Gasteiger partial charge in [-0.1, -0.05) is 46.8 Å². The number of thioether (sulfide) groups is 1. The highest BCUT2D eigenvalue weighted by molar-refractivity contribution is 8.00. The second kappa shape index (κ2) is 9.18. The molecule has 0 amide bonds. The van der Waals surface area contributed by atoms with Gasteiger partial charge < -0.3 is 10.6 Å². The van der Waals surface area contributed by atoms with Crippen molar-refractivity contribution in [2.24, 2.45) is 5.41 Å². The normalized spacial score (nSPS) is 15.6. The Balaban J connectivity index is 1.93. The monoisotopic (exact) mass is 387 g/mol. The number of aromatic nitrogens is 1. The summed E-state index contributed by atoms with van der Waals surface area (Å²) in [6, 6.07) is 4.24. The van der Waals surface area contributed by atoms with Crippen molar-refractivity contribution in [1.82, 2.24) is 15.6 Å². The first-order chi connectivity index (χ1) is 12.6. The maximum absolute atomic E-state index is 4.62. The molecule has 0 spiro atoms. The van der Waals surface area contributed by atoms with Crippen molar-refractivity contribution >= 4 is 11.8 Å². The minimum Gasteiger partial charge on any atom is -0.381 e. The highest BCUT2D eigenvalue weighted by Gasteiger charge is 2.24. The maximum atomic E-state index is 4.62. The van der Waals surface area contributed by atoms with E-state index in [1.54, 1.807) is 0 Å². The topological polar surface area (TPSA) is 37.0 Å². The number of pyridine rings is 1. The van der Waals surface area contributed by atoms with E-state index in [9.17, 15) is 0 Å². The van der Waals surface area contributed by atoms with Crippen LogP contribution < -0.4 is 10.6 Å². The average Bonchev–Trinajstić information content (AvgIpc) is 3.04. The highest BCUT2D eigenvalue weighted by atomic mass is 32.2. The molecule has 4 heteroatoms. The Kier molecular flexibility index (Phi) is 7.44. The summed E-state index contributed by atoms with van der Waals surface area (Å²) in [7, 11) is 0. The molecule has 2 rings (SSSR count). The lowest BCUT2D eigenvalue weighted by atomic mass is 9.89. The van der Waals surface area contributed by atoms with Gasteiger partial charge in [0.1, 0.15) is 0 Å². The molecule has 27 heavy (non-hydrogen) atoms. The van der Waals surface area contributed by atoms with Gasteiger partial charge in [0.25, 0.3) is 0 Å². The first-order valence-electron chi connectivity index (χ1n) is 10.1. The van der Waals surface area contributed by atoms with Gasteiger partial charge in [-0.05, 0) is 50.7 Å². The van der Waals surface area contributed by atoms with Crippen LogP contribution in [0.5, 0.6) is 0 Å². The second-order valence-corrected chi connectivity index (χ2v) is 10.7. The lowest BCUT2D eigenvalue weighted by Gasteiger charge is -2.33. The molecule has 0 bridgehead atoms. The van der Waals surface area contributed by atoms with E-state index in [0.717, 1.165) is 28.8 Å². The third-order valence-corrected chi connectivity index (χ3v) is 6.33. The van der Waals surface area contributed by atoms with Crippen LogP contribution in [0.4, 0.5) is 0 Å². The smallest absolute Gasteiger partial charge is 0.0730 e. The Morgan fingerprint density at radius 2 is 1.85 bits per heavy atom. The molecule has 1 aromatic rings. The molecule has 3 nitrogen and oxygen atoms in total. The van der Waals surface area contributed by atoms with Crippen LogP contribution in [0.15, 0.2) is 47.8 Å². The van der Waals surface area contributed by atoms with E-state index in [-0.39, 0.29) is 11.0 Å². The van der Waals surface area contributed by atoms with Crippen molar-refractivity contribution < 1.29 is 0 Å². The van der Waals surface area contributed by atoms with Crippen LogP contribution in [0.1, 0.15) is 72.4 Å². The molecule has 0 atom stereocenters. The summed E-state index contributed by atoms with van der Waals surface area (Å²) >= 11 is 1.99. The van der Waals surface area contributed by atoms with Crippen molar-refractivity contribution in [1.29, 1.82) is 0 Å². The largest absolute Gasteiger partial charge is 0.381 e. The molecular formula is C23H37N3S. The van der Waals surface area contributed by atoms with E-state index >= 15 is 0 Å². The SMILES string of the molecule is C=C(CC(C)(C)C)NC(C)(C)C(=C)NCc1ncccc1SC1CCCC1. The molecule has 0 radical (unpaired) electrons. The molecule has 2 N–H and O–H groups in total. The van der Waals surface area contributed by atoms with Crippen molar-refractivity contribution in [3.8, 4) is 0 Å². The molecule has 1 aliphatic rings. The fourth-order valence-corrected chi connectivity index (χ4v) is 4.81. The van der Waals surface area contributed by atoms with Crippen LogP contribution in [0.3, 0.4) is 0 Å². The molecule has 1 fully saturated rings. The Morgan fingerprint density at radius 3 is 2.48 bits per heavy atom. The molecule has 0 unspecified atom stereocenters. The number of hydrogen-bond donors (Lipinski definition) is 2. The standard InChI is InChI=1S/C23H37N3S/c1-17(15-22(3,4)5)26-23(6,7)18(2)25-16-20-21(13-10-14-24-20)27-19-11-8-9-12-19/h10,13-14,19,25-26H,1-2,8-9,11-12,15-16H2,3-7H3. The van der Waals surface area contributed by atoms with Gasteiger partial charge in [-0.3, -0.25) is 4.98 Å². The molecule has 150 valence electrons. The number of allylic oxidation sites excluding steroid dienone is 1. The minimum atomic E-state index is -0.268. The van der Waals surface area contributed by atoms with E-state index < -0.39 is 0 Å².